The zero-order valence-corrected chi connectivity index (χ0v) is 13.8. The maximum atomic E-state index is 13.4. The standard InChI is InChI=1S/C19H24FNO3/c20-15-8-6-14(7-9-15)19(10-2-1-3-11-19)18(24)21-12-4-5-16(21)13-17(22)23/h6-9,16H,1-5,10-13H2,(H,22,23). The Bertz CT molecular complexity index is 608. The molecule has 1 aliphatic heterocycles. The van der Waals surface area contributed by atoms with Gasteiger partial charge in [-0.05, 0) is 43.4 Å². The van der Waals surface area contributed by atoms with Crippen LogP contribution >= 0.6 is 0 Å². The summed E-state index contributed by atoms with van der Waals surface area (Å²) in [5, 5.41) is 9.12. The molecule has 4 nitrogen and oxygen atoms in total. The summed E-state index contributed by atoms with van der Waals surface area (Å²) in [5.41, 5.74) is 0.252. The number of benzene rings is 1. The number of carbonyl (C=O) groups is 2. The van der Waals surface area contributed by atoms with Gasteiger partial charge in [-0.1, -0.05) is 31.4 Å². The second kappa shape index (κ2) is 6.91. The second-order valence-corrected chi connectivity index (χ2v) is 7.04. The number of rotatable bonds is 4. The molecule has 130 valence electrons. The fourth-order valence-electron chi connectivity index (χ4n) is 4.34. The Hall–Kier alpha value is -1.91. The van der Waals surface area contributed by atoms with E-state index in [2.05, 4.69) is 0 Å². The predicted molar refractivity (Wildman–Crippen MR) is 88.2 cm³/mol. The van der Waals surface area contributed by atoms with Gasteiger partial charge in [0.15, 0.2) is 0 Å². The van der Waals surface area contributed by atoms with E-state index in [0.29, 0.717) is 6.54 Å². The first-order valence-electron chi connectivity index (χ1n) is 8.82. The molecule has 0 spiro atoms. The lowest BCUT2D eigenvalue weighted by molar-refractivity contribution is -0.143. The Labute approximate surface area is 141 Å². The van der Waals surface area contributed by atoms with Gasteiger partial charge in [0.2, 0.25) is 5.91 Å². The number of hydrogen-bond donors (Lipinski definition) is 1. The van der Waals surface area contributed by atoms with Gasteiger partial charge in [-0.15, -0.1) is 0 Å². The van der Waals surface area contributed by atoms with Gasteiger partial charge in [0.25, 0.3) is 0 Å². The van der Waals surface area contributed by atoms with E-state index in [1.807, 2.05) is 0 Å². The third kappa shape index (κ3) is 3.17. The number of nitrogens with zero attached hydrogens (tertiary/aromatic N) is 1. The fourth-order valence-corrected chi connectivity index (χ4v) is 4.34. The van der Waals surface area contributed by atoms with Crippen molar-refractivity contribution >= 4 is 11.9 Å². The van der Waals surface area contributed by atoms with Crippen molar-refractivity contribution in [2.24, 2.45) is 0 Å². The highest BCUT2D eigenvalue weighted by Gasteiger charge is 2.46. The molecule has 1 amide bonds. The molecule has 1 atom stereocenters. The first kappa shape index (κ1) is 16.9. The Balaban J connectivity index is 1.92. The fraction of sp³-hybridized carbons (Fsp3) is 0.579. The minimum atomic E-state index is -0.862. The van der Waals surface area contributed by atoms with E-state index in [0.717, 1.165) is 50.5 Å². The second-order valence-electron chi connectivity index (χ2n) is 7.04. The van der Waals surface area contributed by atoms with E-state index < -0.39 is 11.4 Å². The average Bonchev–Trinajstić information content (AvgIpc) is 3.02. The summed E-state index contributed by atoms with van der Waals surface area (Å²) in [6.07, 6.45) is 6.17. The number of carbonyl (C=O) groups excluding carboxylic acids is 1. The molecule has 1 saturated heterocycles. The van der Waals surface area contributed by atoms with Crippen LogP contribution in [0.2, 0.25) is 0 Å². The molecule has 0 radical (unpaired) electrons. The molecule has 0 aromatic heterocycles. The molecule has 1 aromatic rings. The molecule has 3 rings (SSSR count). The number of amides is 1. The molecule has 1 unspecified atom stereocenters. The summed E-state index contributed by atoms with van der Waals surface area (Å²) in [5.74, 6) is -1.13. The zero-order chi connectivity index (χ0) is 17.2. The van der Waals surface area contributed by atoms with E-state index in [1.54, 1.807) is 17.0 Å². The topological polar surface area (TPSA) is 57.6 Å². The lowest BCUT2D eigenvalue weighted by Crippen LogP contribution is -2.50. The first-order chi connectivity index (χ1) is 11.5. The van der Waals surface area contributed by atoms with E-state index >= 15 is 0 Å². The highest BCUT2D eigenvalue weighted by Crippen LogP contribution is 2.42. The Kier molecular flexibility index (Phi) is 4.88. The van der Waals surface area contributed by atoms with Gasteiger partial charge in [0.1, 0.15) is 5.82 Å². The van der Waals surface area contributed by atoms with Crippen LogP contribution in [-0.4, -0.2) is 34.5 Å². The molecule has 1 saturated carbocycles. The Morgan fingerprint density at radius 3 is 2.42 bits per heavy atom. The molecule has 1 aromatic carbocycles. The summed E-state index contributed by atoms with van der Waals surface area (Å²) in [7, 11) is 0. The lowest BCUT2D eigenvalue weighted by Gasteiger charge is -2.40. The van der Waals surface area contributed by atoms with Crippen LogP contribution in [0.15, 0.2) is 24.3 Å². The van der Waals surface area contributed by atoms with E-state index in [4.69, 9.17) is 5.11 Å². The molecule has 1 aliphatic carbocycles. The van der Waals surface area contributed by atoms with Gasteiger partial charge in [-0.2, -0.15) is 0 Å². The van der Waals surface area contributed by atoms with Gasteiger partial charge in [0, 0.05) is 12.6 Å². The Morgan fingerprint density at radius 1 is 1.12 bits per heavy atom. The van der Waals surface area contributed by atoms with Gasteiger partial charge in [-0.3, -0.25) is 9.59 Å². The largest absolute Gasteiger partial charge is 0.481 e. The van der Waals surface area contributed by atoms with Crippen molar-refractivity contribution in [1.29, 1.82) is 0 Å². The predicted octanol–water partition coefficient (Wildman–Crippen LogP) is 3.49. The van der Waals surface area contributed by atoms with Crippen LogP contribution in [0, 0.1) is 5.82 Å². The van der Waals surface area contributed by atoms with Gasteiger partial charge < -0.3 is 10.0 Å². The van der Waals surface area contributed by atoms with E-state index in [-0.39, 0.29) is 24.2 Å². The number of carboxylic acids is 1. The van der Waals surface area contributed by atoms with E-state index in [1.165, 1.54) is 12.1 Å². The van der Waals surface area contributed by atoms with Crippen molar-refractivity contribution in [3.05, 3.63) is 35.6 Å². The van der Waals surface area contributed by atoms with Crippen LogP contribution in [0.1, 0.15) is 56.9 Å². The molecule has 1 N–H and O–H groups in total. The van der Waals surface area contributed by atoms with Crippen LogP contribution in [-0.2, 0) is 15.0 Å². The van der Waals surface area contributed by atoms with Crippen LogP contribution in [0.3, 0.4) is 0 Å². The Morgan fingerprint density at radius 2 is 1.79 bits per heavy atom. The van der Waals surface area contributed by atoms with Crippen molar-refractivity contribution in [2.75, 3.05) is 6.54 Å². The summed E-state index contributed by atoms with van der Waals surface area (Å²) < 4.78 is 13.3. The molecule has 5 heteroatoms. The quantitative estimate of drug-likeness (QED) is 0.917. The molecule has 2 aliphatic rings. The first-order valence-corrected chi connectivity index (χ1v) is 8.82. The van der Waals surface area contributed by atoms with Gasteiger partial charge >= 0.3 is 5.97 Å². The SMILES string of the molecule is O=C(O)CC1CCCN1C(=O)C1(c2ccc(F)cc2)CCCCC1. The minimum absolute atomic E-state index is 0.00520. The van der Waals surface area contributed by atoms with Crippen LogP contribution in [0.4, 0.5) is 4.39 Å². The zero-order valence-electron chi connectivity index (χ0n) is 13.8. The van der Waals surface area contributed by atoms with Crippen molar-refractivity contribution in [1.82, 2.24) is 4.90 Å². The maximum Gasteiger partial charge on any atom is 0.305 e. The summed E-state index contributed by atoms with van der Waals surface area (Å²) >= 11 is 0. The number of aliphatic carboxylic acids is 1. The molecule has 1 heterocycles. The van der Waals surface area contributed by atoms with Crippen molar-refractivity contribution < 1.29 is 19.1 Å². The number of halogens is 1. The molecule has 0 bridgehead atoms. The summed E-state index contributed by atoms with van der Waals surface area (Å²) in [4.78, 5) is 26.3. The highest BCUT2D eigenvalue weighted by molar-refractivity contribution is 5.89. The average molecular weight is 333 g/mol. The lowest BCUT2D eigenvalue weighted by atomic mass is 9.68. The third-order valence-corrected chi connectivity index (χ3v) is 5.56. The van der Waals surface area contributed by atoms with Crippen LogP contribution < -0.4 is 0 Å². The molecular weight excluding hydrogens is 309 g/mol. The number of likely N-dealkylation sites (tertiary alicyclic amines) is 1. The van der Waals surface area contributed by atoms with Crippen molar-refractivity contribution in [2.45, 2.75) is 62.8 Å². The summed E-state index contributed by atoms with van der Waals surface area (Å²) in [6, 6.07) is 6.06. The van der Waals surface area contributed by atoms with Crippen LogP contribution in [0.25, 0.3) is 0 Å². The van der Waals surface area contributed by atoms with Crippen molar-refractivity contribution in [3.8, 4) is 0 Å². The number of carboxylic acid groups (broad SMARTS) is 1. The summed E-state index contributed by atoms with van der Waals surface area (Å²) in [6.45, 7) is 0.625. The van der Waals surface area contributed by atoms with E-state index in [9.17, 15) is 14.0 Å². The van der Waals surface area contributed by atoms with Crippen LogP contribution in [0.5, 0.6) is 0 Å². The highest BCUT2D eigenvalue weighted by atomic mass is 19.1. The minimum Gasteiger partial charge on any atom is -0.481 e. The third-order valence-electron chi connectivity index (χ3n) is 5.56. The molecule has 24 heavy (non-hydrogen) atoms. The van der Waals surface area contributed by atoms with Crippen molar-refractivity contribution in [3.63, 3.8) is 0 Å². The molecular formula is C19H24FNO3. The monoisotopic (exact) mass is 333 g/mol. The molecule has 2 fully saturated rings. The maximum absolute atomic E-state index is 13.4. The number of hydrogen-bond acceptors (Lipinski definition) is 2. The normalized spacial score (nSPS) is 23.2. The van der Waals surface area contributed by atoms with Gasteiger partial charge in [0.05, 0.1) is 11.8 Å². The smallest absolute Gasteiger partial charge is 0.305 e. The van der Waals surface area contributed by atoms with Gasteiger partial charge in [-0.25, -0.2) is 4.39 Å².